The molecule has 0 fully saturated rings. The molecule has 0 bridgehead atoms. The molecule has 0 aliphatic heterocycles. The molecule has 0 aliphatic carbocycles. The fourth-order valence-corrected chi connectivity index (χ4v) is 1.94. The van der Waals surface area contributed by atoms with Crippen molar-refractivity contribution >= 4 is 0 Å². The van der Waals surface area contributed by atoms with Crippen LogP contribution in [0.4, 0.5) is 0 Å². The van der Waals surface area contributed by atoms with Crippen molar-refractivity contribution in [2.45, 2.75) is 85.4 Å². The molecule has 0 spiro atoms. The van der Waals surface area contributed by atoms with Crippen LogP contribution in [0, 0.1) is 0 Å². The maximum atomic E-state index is 5.95. The molecule has 0 N–H and O–H groups in total. The highest BCUT2D eigenvalue weighted by atomic mass is 16.5. The summed E-state index contributed by atoms with van der Waals surface area (Å²) in [7, 11) is 0. The Morgan fingerprint density at radius 1 is 0.700 bits per heavy atom. The molecule has 0 aromatic heterocycles. The minimum Gasteiger partial charge on any atom is -0.371 e. The first-order valence-electron chi connectivity index (χ1n) is 7.58. The number of benzene rings is 1. The van der Waals surface area contributed by atoms with Crippen molar-refractivity contribution in [2.24, 2.45) is 0 Å². The Morgan fingerprint density at radius 2 is 1.10 bits per heavy atom. The van der Waals surface area contributed by atoms with Crippen LogP contribution in [0.5, 0.6) is 0 Å². The van der Waals surface area contributed by atoms with Crippen molar-refractivity contribution in [1.29, 1.82) is 0 Å². The summed E-state index contributed by atoms with van der Waals surface area (Å²) in [6.45, 7) is 20.6. The fraction of sp³-hybridized carbons (Fsp3) is 0.684. The summed E-state index contributed by atoms with van der Waals surface area (Å²) in [6, 6.07) is 6.93. The van der Waals surface area contributed by atoms with E-state index in [2.05, 4.69) is 80.5 Å². The normalized spacial score (nSPS) is 13.7. The second-order valence-corrected chi connectivity index (χ2v) is 8.82. The molecule has 20 heavy (non-hydrogen) atoms. The molecule has 0 amide bonds. The van der Waals surface area contributed by atoms with E-state index in [0.29, 0.717) is 6.61 Å². The van der Waals surface area contributed by atoms with Crippen LogP contribution < -0.4 is 0 Å². The minimum atomic E-state index is -0.0976. The Labute approximate surface area is 125 Å². The van der Waals surface area contributed by atoms with Gasteiger partial charge in [-0.1, -0.05) is 59.7 Å². The van der Waals surface area contributed by atoms with E-state index in [-0.39, 0.29) is 16.4 Å². The highest BCUT2D eigenvalue weighted by molar-refractivity contribution is 5.37. The molecule has 1 heteroatoms. The smallest absolute Gasteiger partial charge is 0.0724 e. The molecule has 0 saturated carbocycles. The van der Waals surface area contributed by atoms with E-state index in [1.807, 2.05) is 0 Å². The van der Waals surface area contributed by atoms with Crippen LogP contribution in [0.15, 0.2) is 18.2 Å². The molecule has 1 aromatic rings. The first-order chi connectivity index (χ1) is 8.79. The molecule has 1 nitrogen and oxygen atoms in total. The van der Waals surface area contributed by atoms with Crippen LogP contribution in [-0.4, -0.2) is 5.60 Å². The quantitative estimate of drug-likeness (QED) is 0.683. The number of rotatable bonds is 2. The van der Waals surface area contributed by atoms with E-state index >= 15 is 0 Å². The average molecular weight is 276 g/mol. The summed E-state index contributed by atoms with van der Waals surface area (Å²) < 4.78 is 5.95. The summed E-state index contributed by atoms with van der Waals surface area (Å²) in [4.78, 5) is 0. The third-order valence-corrected chi connectivity index (χ3v) is 3.40. The first-order valence-corrected chi connectivity index (χ1v) is 7.58. The predicted octanol–water partition coefficient (Wildman–Crippen LogP) is 5.60. The van der Waals surface area contributed by atoms with Gasteiger partial charge < -0.3 is 4.74 Å². The Morgan fingerprint density at radius 3 is 1.40 bits per heavy atom. The summed E-state index contributed by atoms with van der Waals surface area (Å²) in [5.41, 5.74) is 4.28. The molecule has 0 atom stereocenters. The van der Waals surface area contributed by atoms with Gasteiger partial charge in [0.05, 0.1) is 12.2 Å². The zero-order valence-electron chi connectivity index (χ0n) is 14.8. The topological polar surface area (TPSA) is 9.23 Å². The van der Waals surface area contributed by atoms with Crippen molar-refractivity contribution in [2.75, 3.05) is 0 Å². The van der Waals surface area contributed by atoms with Gasteiger partial charge in [0.25, 0.3) is 0 Å². The number of ether oxygens (including phenoxy) is 1. The predicted molar refractivity (Wildman–Crippen MR) is 88.4 cm³/mol. The molecule has 0 unspecified atom stereocenters. The summed E-state index contributed by atoms with van der Waals surface area (Å²) >= 11 is 0. The summed E-state index contributed by atoms with van der Waals surface area (Å²) in [5, 5.41) is 0. The Bertz CT molecular complexity index is 418. The van der Waals surface area contributed by atoms with E-state index in [9.17, 15) is 0 Å². The van der Waals surface area contributed by atoms with Gasteiger partial charge in [-0.25, -0.2) is 0 Å². The Balaban J connectivity index is 3.18. The van der Waals surface area contributed by atoms with Crippen LogP contribution in [-0.2, 0) is 22.2 Å². The first kappa shape index (κ1) is 17.2. The van der Waals surface area contributed by atoms with Gasteiger partial charge in [0.15, 0.2) is 0 Å². The van der Waals surface area contributed by atoms with Gasteiger partial charge in [-0.15, -0.1) is 0 Å². The SMILES string of the molecule is CC(C)(C)OCc1cc(C(C)(C)C)cc(C(C)(C)C)c1. The third kappa shape index (κ3) is 5.28. The Hall–Kier alpha value is -0.820. The number of hydrogen-bond donors (Lipinski definition) is 0. The van der Waals surface area contributed by atoms with Gasteiger partial charge >= 0.3 is 0 Å². The molecule has 0 saturated heterocycles. The molecular weight excluding hydrogens is 244 g/mol. The Kier molecular flexibility index (Phi) is 4.76. The van der Waals surface area contributed by atoms with E-state index in [1.54, 1.807) is 0 Å². The second kappa shape index (κ2) is 5.52. The molecule has 0 radical (unpaired) electrons. The van der Waals surface area contributed by atoms with Crippen LogP contribution in [0.3, 0.4) is 0 Å². The van der Waals surface area contributed by atoms with Gasteiger partial charge in [-0.3, -0.25) is 0 Å². The van der Waals surface area contributed by atoms with Gasteiger partial charge in [-0.05, 0) is 48.3 Å². The van der Waals surface area contributed by atoms with E-state index in [1.165, 1.54) is 16.7 Å². The molecule has 114 valence electrons. The summed E-state index contributed by atoms with van der Waals surface area (Å²) in [5.74, 6) is 0. The molecule has 0 aliphatic rings. The highest BCUT2D eigenvalue weighted by Gasteiger charge is 2.21. The van der Waals surface area contributed by atoms with E-state index in [0.717, 1.165) is 0 Å². The van der Waals surface area contributed by atoms with Crippen LogP contribution >= 0.6 is 0 Å². The van der Waals surface area contributed by atoms with Crippen LogP contribution in [0.2, 0.25) is 0 Å². The van der Waals surface area contributed by atoms with Gasteiger partial charge in [-0.2, -0.15) is 0 Å². The zero-order chi connectivity index (χ0) is 15.8. The van der Waals surface area contributed by atoms with Crippen LogP contribution in [0.25, 0.3) is 0 Å². The van der Waals surface area contributed by atoms with Crippen molar-refractivity contribution in [3.63, 3.8) is 0 Å². The lowest BCUT2D eigenvalue weighted by atomic mass is 9.79. The molecule has 1 aromatic carbocycles. The molecule has 0 heterocycles. The van der Waals surface area contributed by atoms with Crippen molar-refractivity contribution < 1.29 is 4.74 Å². The maximum Gasteiger partial charge on any atom is 0.0724 e. The lowest BCUT2D eigenvalue weighted by molar-refractivity contribution is -0.0150. The van der Waals surface area contributed by atoms with Gasteiger partial charge in [0, 0.05) is 0 Å². The highest BCUT2D eigenvalue weighted by Crippen LogP contribution is 2.30. The monoisotopic (exact) mass is 276 g/mol. The second-order valence-electron chi connectivity index (χ2n) is 8.82. The van der Waals surface area contributed by atoms with E-state index in [4.69, 9.17) is 4.74 Å². The van der Waals surface area contributed by atoms with Crippen molar-refractivity contribution in [1.82, 2.24) is 0 Å². The third-order valence-electron chi connectivity index (χ3n) is 3.40. The average Bonchev–Trinajstić information content (AvgIpc) is 2.22. The lowest BCUT2D eigenvalue weighted by Crippen LogP contribution is -2.20. The summed E-state index contributed by atoms with van der Waals surface area (Å²) in [6.07, 6.45) is 0. The van der Waals surface area contributed by atoms with Crippen LogP contribution in [0.1, 0.15) is 79.0 Å². The standard InChI is InChI=1S/C19H32O/c1-17(2,3)15-10-14(13-20-19(7,8)9)11-16(12-15)18(4,5)6/h10-12H,13H2,1-9H3. The zero-order valence-corrected chi connectivity index (χ0v) is 14.8. The minimum absolute atomic E-state index is 0.0976. The van der Waals surface area contributed by atoms with E-state index < -0.39 is 0 Å². The molecular formula is C19H32O. The fourth-order valence-electron chi connectivity index (χ4n) is 1.94. The van der Waals surface area contributed by atoms with Gasteiger partial charge in [0.1, 0.15) is 0 Å². The van der Waals surface area contributed by atoms with Crippen molar-refractivity contribution in [3.05, 3.63) is 34.9 Å². The van der Waals surface area contributed by atoms with Gasteiger partial charge in [0.2, 0.25) is 0 Å². The lowest BCUT2D eigenvalue weighted by Gasteiger charge is -2.27. The largest absolute Gasteiger partial charge is 0.371 e. The van der Waals surface area contributed by atoms with Crippen molar-refractivity contribution in [3.8, 4) is 0 Å². The number of hydrogen-bond acceptors (Lipinski definition) is 1. The maximum absolute atomic E-state index is 5.95. The molecule has 1 rings (SSSR count).